The molecule has 3 rings (SSSR count). The van der Waals surface area contributed by atoms with Crippen molar-refractivity contribution in [1.82, 2.24) is 20.0 Å². The van der Waals surface area contributed by atoms with Crippen molar-refractivity contribution in [2.75, 3.05) is 19.5 Å². The zero-order chi connectivity index (χ0) is 23.7. The number of methoxy groups -OCH3 is 1. The number of rotatable bonds is 8. The average Bonchev–Trinajstić information content (AvgIpc) is 3.19. The van der Waals surface area contributed by atoms with E-state index in [9.17, 15) is 34.4 Å². The number of nitrogens with zero attached hydrogens (tertiary/aromatic N) is 4. The van der Waals surface area contributed by atoms with Gasteiger partial charge >= 0.3 is 23.5 Å². The summed E-state index contributed by atoms with van der Waals surface area (Å²) >= 11 is 1.22. The molecule has 172 valence electrons. The minimum Gasteiger partial charge on any atom is -0.477 e. The van der Waals surface area contributed by atoms with Gasteiger partial charge < -0.3 is 19.9 Å². The smallest absolute Gasteiger partial charge is 0.352 e. The number of carbonyl (C=O) groups is 4. The van der Waals surface area contributed by atoms with Crippen molar-refractivity contribution in [3.63, 3.8) is 0 Å². The molecule has 0 unspecified atom stereocenters. The molecule has 0 bridgehead atoms. The van der Waals surface area contributed by atoms with Gasteiger partial charge in [0.25, 0.3) is 5.91 Å². The molecule has 14 nitrogen and oxygen atoms in total. The van der Waals surface area contributed by atoms with Crippen LogP contribution >= 0.6 is 11.8 Å². The highest BCUT2D eigenvalue weighted by atomic mass is 32.2. The molecule has 3 heterocycles. The maximum absolute atomic E-state index is 12.7. The second-order valence-corrected chi connectivity index (χ2v) is 7.98. The van der Waals surface area contributed by atoms with E-state index in [4.69, 9.17) is 9.47 Å². The highest BCUT2D eigenvalue weighted by Crippen LogP contribution is 2.40. The molecule has 0 saturated carbocycles. The van der Waals surface area contributed by atoms with Gasteiger partial charge in [-0.2, -0.15) is 0 Å². The second kappa shape index (κ2) is 8.86. The van der Waals surface area contributed by atoms with E-state index in [1.54, 1.807) is 0 Å². The first-order valence-corrected chi connectivity index (χ1v) is 10.2. The van der Waals surface area contributed by atoms with Crippen LogP contribution in [-0.4, -0.2) is 79.3 Å². The zero-order valence-corrected chi connectivity index (χ0v) is 18.0. The number of amides is 2. The van der Waals surface area contributed by atoms with E-state index in [0.717, 1.165) is 15.8 Å². The van der Waals surface area contributed by atoms with Gasteiger partial charge in [-0.05, 0) is 6.92 Å². The van der Waals surface area contributed by atoms with Gasteiger partial charge in [0.05, 0.1) is 12.0 Å². The number of thioether (sulfide) groups is 1. The summed E-state index contributed by atoms with van der Waals surface area (Å²) in [5, 5.41) is 26.4. The lowest BCUT2D eigenvalue weighted by atomic mass is 10.0. The molecular weight excluding hydrogens is 450 g/mol. The average molecular weight is 469 g/mol. The summed E-state index contributed by atoms with van der Waals surface area (Å²) in [6.07, 6.45) is 1.04. The molecule has 32 heavy (non-hydrogen) atoms. The van der Waals surface area contributed by atoms with Crippen molar-refractivity contribution in [1.29, 1.82) is 0 Å². The molecule has 0 spiro atoms. The third-order valence-corrected chi connectivity index (χ3v) is 6.18. The Kier molecular flexibility index (Phi) is 6.38. The van der Waals surface area contributed by atoms with Crippen LogP contribution in [0, 0.1) is 10.1 Å². The molecule has 1 fully saturated rings. The van der Waals surface area contributed by atoms with E-state index in [1.807, 2.05) is 0 Å². The third-order valence-electron chi connectivity index (χ3n) is 4.84. The highest BCUT2D eigenvalue weighted by molar-refractivity contribution is 8.00. The Balaban J connectivity index is 1.73. The fraction of sp³-hybridized carbons (Fsp3) is 0.471. The van der Waals surface area contributed by atoms with Gasteiger partial charge in [0.2, 0.25) is 5.91 Å². The summed E-state index contributed by atoms with van der Waals surface area (Å²) in [5.74, 6) is -3.29. The molecule has 2 amide bonds. The standard InChI is InChI=1S/C17H19N5O9S/c1-7(20-4-10(22(28)29)14(19-20)30-3)13(24)18-11-15(25)21-12(17(26)27)9(5-31-8(2)23)6-32-16(11)21/h4,7,11,16H,5-6H2,1-3H3,(H,18,24)(H,26,27)/t7-,11-,16+/m0/s1. The second-order valence-electron chi connectivity index (χ2n) is 6.87. The number of esters is 1. The molecule has 0 radical (unpaired) electrons. The number of fused-ring (bicyclic) bond motifs is 1. The molecule has 15 heteroatoms. The van der Waals surface area contributed by atoms with Crippen LogP contribution in [0.5, 0.6) is 5.88 Å². The number of nitro groups is 1. The van der Waals surface area contributed by atoms with E-state index in [2.05, 4.69) is 10.4 Å². The van der Waals surface area contributed by atoms with Gasteiger partial charge in [-0.1, -0.05) is 0 Å². The molecule has 2 aliphatic heterocycles. The first kappa shape index (κ1) is 23.1. The number of hydrogen-bond donors (Lipinski definition) is 2. The van der Waals surface area contributed by atoms with Gasteiger partial charge in [-0.15, -0.1) is 16.9 Å². The summed E-state index contributed by atoms with van der Waals surface area (Å²) in [5.41, 5.74) is -0.417. The number of carboxylic acid groups (broad SMARTS) is 1. The van der Waals surface area contributed by atoms with E-state index < -0.39 is 51.8 Å². The number of ether oxygens (including phenoxy) is 2. The first-order valence-electron chi connectivity index (χ1n) is 9.18. The fourth-order valence-corrected chi connectivity index (χ4v) is 4.54. The number of carboxylic acids is 1. The SMILES string of the molecule is COc1nn([C@@H](C)C(=O)N[C@H]2C(=O)N3C(C(=O)O)=C(COC(C)=O)CS[C@H]23)cc1[N+](=O)[O-]. The van der Waals surface area contributed by atoms with Crippen LogP contribution in [0.4, 0.5) is 5.69 Å². The van der Waals surface area contributed by atoms with Crippen molar-refractivity contribution >= 4 is 41.2 Å². The minimum atomic E-state index is -1.35. The largest absolute Gasteiger partial charge is 0.477 e. The molecule has 2 aliphatic rings. The predicted molar refractivity (Wildman–Crippen MR) is 106 cm³/mol. The van der Waals surface area contributed by atoms with Crippen LogP contribution in [0.1, 0.15) is 19.9 Å². The van der Waals surface area contributed by atoms with Gasteiger partial charge in [-0.25, -0.2) is 9.48 Å². The van der Waals surface area contributed by atoms with Crippen molar-refractivity contribution in [2.24, 2.45) is 0 Å². The lowest BCUT2D eigenvalue weighted by molar-refractivity contribution is -0.385. The molecular formula is C17H19N5O9S. The summed E-state index contributed by atoms with van der Waals surface area (Å²) in [7, 11) is 1.20. The summed E-state index contributed by atoms with van der Waals surface area (Å²) in [6, 6.07) is -2.01. The molecule has 2 N–H and O–H groups in total. The summed E-state index contributed by atoms with van der Waals surface area (Å²) in [6.45, 7) is 2.36. The van der Waals surface area contributed by atoms with Gasteiger partial charge in [-0.3, -0.25) is 29.4 Å². The zero-order valence-electron chi connectivity index (χ0n) is 17.1. The van der Waals surface area contributed by atoms with Crippen molar-refractivity contribution in [2.45, 2.75) is 31.3 Å². The van der Waals surface area contributed by atoms with E-state index in [1.165, 1.54) is 32.7 Å². The number of aromatic nitrogens is 2. The Bertz CT molecular complexity index is 1040. The van der Waals surface area contributed by atoms with Crippen LogP contribution in [0.2, 0.25) is 0 Å². The molecule has 0 aliphatic carbocycles. The lowest BCUT2D eigenvalue weighted by Crippen LogP contribution is -2.71. The number of β-lactam (4-membered cyclic amide) rings is 1. The van der Waals surface area contributed by atoms with Gasteiger partial charge in [0.1, 0.15) is 36.0 Å². The molecule has 1 aromatic rings. The molecule has 1 aromatic heterocycles. The number of aliphatic carboxylic acids is 1. The number of nitrogens with one attached hydrogen (secondary N) is 1. The normalized spacial score (nSPS) is 20.7. The monoisotopic (exact) mass is 469 g/mol. The first-order chi connectivity index (χ1) is 15.1. The van der Waals surface area contributed by atoms with Crippen LogP contribution in [0.25, 0.3) is 0 Å². The number of carbonyl (C=O) groups excluding carboxylic acids is 3. The predicted octanol–water partition coefficient (Wildman–Crippen LogP) is -0.337. The Morgan fingerprint density at radius 1 is 1.47 bits per heavy atom. The van der Waals surface area contributed by atoms with E-state index >= 15 is 0 Å². The maximum atomic E-state index is 12.7. The Morgan fingerprint density at radius 2 is 2.16 bits per heavy atom. The maximum Gasteiger partial charge on any atom is 0.352 e. The third kappa shape index (κ3) is 4.10. The van der Waals surface area contributed by atoms with E-state index in [-0.39, 0.29) is 29.5 Å². The topological polar surface area (TPSA) is 183 Å². The van der Waals surface area contributed by atoms with Crippen LogP contribution in [0.15, 0.2) is 17.5 Å². The molecule has 3 atom stereocenters. The van der Waals surface area contributed by atoms with Crippen LogP contribution < -0.4 is 10.1 Å². The fourth-order valence-electron chi connectivity index (χ4n) is 3.21. The summed E-state index contributed by atoms with van der Waals surface area (Å²) in [4.78, 5) is 59.5. The molecule has 1 saturated heterocycles. The lowest BCUT2D eigenvalue weighted by Gasteiger charge is -2.49. The van der Waals surface area contributed by atoms with Crippen LogP contribution in [-0.2, 0) is 23.9 Å². The molecule has 0 aromatic carbocycles. The Labute approximate surface area is 184 Å². The Morgan fingerprint density at radius 3 is 2.69 bits per heavy atom. The highest BCUT2D eigenvalue weighted by Gasteiger charge is 2.54. The Hall–Kier alpha value is -3.62. The van der Waals surface area contributed by atoms with Crippen molar-refractivity contribution < 1.29 is 38.7 Å². The van der Waals surface area contributed by atoms with Crippen molar-refractivity contribution in [3.8, 4) is 5.88 Å². The minimum absolute atomic E-state index is 0.188. The van der Waals surface area contributed by atoms with Crippen molar-refractivity contribution in [3.05, 3.63) is 27.6 Å². The summed E-state index contributed by atoms with van der Waals surface area (Å²) < 4.78 is 10.7. The number of hydrogen-bond acceptors (Lipinski definition) is 10. The van der Waals surface area contributed by atoms with Gasteiger partial charge in [0.15, 0.2) is 0 Å². The quantitative estimate of drug-likeness (QED) is 0.220. The van der Waals surface area contributed by atoms with E-state index in [0.29, 0.717) is 0 Å². The van der Waals surface area contributed by atoms with Crippen LogP contribution in [0.3, 0.4) is 0 Å². The van der Waals surface area contributed by atoms with Gasteiger partial charge in [0, 0.05) is 18.2 Å².